The molecule has 1 aromatic rings. The molecule has 14 N–H and O–H groups in total. The number of fused-ring (bicyclic) bond motifs is 4. The van der Waals surface area contributed by atoms with E-state index in [9.17, 15) is 95.5 Å². The van der Waals surface area contributed by atoms with Gasteiger partial charge in [-0.25, -0.2) is 4.79 Å². The van der Waals surface area contributed by atoms with Crippen molar-refractivity contribution in [1.82, 2.24) is 0 Å². The molecule has 0 aromatic heterocycles. The Hall–Kier alpha value is -4.15. The van der Waals surface area contributed by atoms with E-state index in [0.717, 1.165) is 6.08 Å². The van der Waals surface area contributed by atoms with Crippen LogP contribution in [0.3, 0.4) is 0 Å². The number of carbonyl (C=O) groups excluding carboxylic acids is 5. The molecule has 2 bridgehead atoms. The maximum absolute atomic E-state index is 13.9. The average molecular weight is 1480 g/mol. The predicted molar refractivity (Wildman–Crippen MR) is 374 cm³/mol. The Morgan fingerprint density at radius 1 is 0.654 bits per heavy atom. The fraction of sp³-hybridized carbons (Fsp3) is 0.805. The molecule has 4 fully saturated rings. The first-order valence-electron chi connectivity index (χ1n) is 37.9. The van der Waals surface area contributed by atoms with Crippen molar-refractivity contribution < 1.29 is 133 Å². The lowest BCUT2D eigenvalue weighted by molar-refractivity contribution is -0.330. The van der Waals surface area contributed by atoms with Crippen LogP contribution < -0.4 is 0 Å². The van der Waals surface area contributed by atoms with E-state index in [4.69, 9.17) is 37.9 Å². The first-order valence-corrected chi connectivity index (χ1v) is 37.9. The summed E-state index contributed by atoms with van der Waals surface area (Å²) in [5, 5.41) is 158. The summed E-state index contributed by atoms with van der Waals surface area (Å²) in [4.78, 5) is 66.2. The number of hydrogen-bond acceptors (Lipinski definition) is 27. The van der Waals surface area contributed by atoms with Gasteiger partial charge in [-0.15, -0.1) is 0 Å². The molecule has 0 radical (unpaired) electrons. The first kappa shape index (κ1) is 87.1. The van der Waals surface area contributed by atoms with Crippen LogP contribution in [0.2, 0.25) is 0 Å². The summed E-state index contributed by atoms with van der Waals surface area (Å²) in [6.45, 7) is 20.0. The number of ether oxygens (including phenoxy) is 8. The maximum atomic E-state index is 13.9. The molecule has 0 unspecified atom stereocenters. The number of ketones is 3. The molecule has 5 heterocycles. The average Bonchev–Trinajstić information content (AvgIpc) is 1.12. The van der Waals surface area contributed by atoms with Crippen molar-refractivity contribution in [1.29, 1.82) is 0 Å². The topological polar surface area (TPSA) is 446 Å². The Morgan fingerprint density at radius 2 is 1.28 bits per heavy atom. The molecule has 592 valence electrons. The molecule has 32 atom stereocenters. The molecule has 27 heteroatoms. The van der Waals surface area contributed by atoms with Gasteiger partial charge in [0.15, 0.2) is 24.1 Å². The quantitative estimate of drug-likeness (QED) is 0.0858. The van der Waals surface area contributed by atoms with E-state index in [0.29, 0.717) is 24.8 Å². The molecular weight excluding hydrogens is 1360 g/mol. The van der Waals surface area contributed by atoms with E-state index in [2.05, 4.69) is 0 Å². The van der Waals surface area contributed by atoms with Gasteiger partial charge in [0.2, 0.25) is 11.6 Å². The number of esters is 2. The predicted octanol–water partition coefficient (Wildman–Crippen LogP) is 4.34. The van der Waals surface area contributed by atoms with Crippen LogP contribution in [0.15, 0.2) is 42.0 Å². The Labute approximate surface area is 611 Å². The smallest absolute Gasteiger partial charge is 0.330 e. The van der Waals surface area contributed by atoms with Gasteiger partial charge in [0.05, 0.1) is 109 Å². The number of hydrogen-bond donors (Lipinski definition) is 14. The van der Waals surface area contributed by atoms with Gasteiger partial charge in [-0.2, -0.15) is 0 Å². The number of aliphatic hydroxyl groups excluding tert-OH is 12. The second kappa shape index (κ2) is 38.5. The second-order valence-corrected chi connectivity index (χ2v) is 31.6. The molecule has 7 rings (SSSR count). The Kier molecular flexibility index (Phi) is 32.2. The number of benzene rings is 1. The first-order chi connectivity index (χ1) is 48.7. The van der Waals surface area contributed by atoms with Gasteiger partial charge >= 0.3 is 11.9 Å². The molecule has 4 saturated heterocycles. The van der Waals surface area contributed by atoms with E-state index in [-0.39, 0.29) is 118 Å². The van der Waals surface area contributed by atoms with E-state index in [1.807, 2.05) is 6.92 Å². The number of allylic oxidation sites excluding steroid dienone is 2. The third-order valence-corrected chi connectivity index (χ3v) is 22.7. The minimum absolute atomic E-state index is 0.0502. The van der Waals surface area contributed by atoms with Crippen molar-refractivity contribution in [2.24, 2.45) is 41.4 Å². The van der Waals surface area contributed by atoms with E-state index >= 15 is 0 Å². The van der Waals surface area contributed by atoms with Crippen LogP contribution in [-0.4, -0.2) is 247 Å². The van der Waals surface area contributed by atoms with Crippen LogP contribution in [0, 0.1) is 41.4 Å². The monoisotopic (exact) mass is 1480 g/mol. The SMILES string of the molecule is CC[C@H](O[C@H]1C[C@@](C)(O)[C@H](O[C@H]2CC[C@H](OC(=O)[C@H](C)[C@H](O)c3ccc4c(c3)C(=O)C=C(C)C4=O)[C@@H](C)O2)[C@H](C)O1)[C@H](C)[C@H](O)[C@@H](C)[C@H](O)[C@H](C)[C@H]1OC(=O)/C=C/[C@H](C)[C@H](O)C[C@H](O)CCC[C@@H](O)CC[C@@H](C)[C@H](O)C(=O)[C@@]2(O)C[C@@H](O)C[C@@H](C[C@@H](O)C[C@H](O)C[C@H](O)CCC[C@H](O)[C@@H]3O[C@H]3[C@@H]1C)O2. The molecule has 0 amide bonds. The highest BCUT2D eigenvalue weighted by Crippen LogP contribution is 2.42. The zero-order valence-electron chi connectivity index (χ0n) is 62.6. The van der Waals surface area contributed by atoms with Crippen LogP contribution in [0.5, 0.6) is 0 Å². The molecule has 1 aromatic carbocycles. The van der Waals surface area contributed by atoms with Crippen molar-refractivity contribution in [3.05, 3.63) is 58.7 Å². The van der Waals surface area contributed by atoms with Crippen molar-refractivity contribution in [3.63, 3.8) is 0 Å². The van der Waals surface area contributed by atoms with Gasteiger partial charge < -0.3 is 109 Å². The van der Waals surface area contributed by atoms with Crippen LogP contribution in [0.4, 0.5) is 0 Å². The van der Waals surface area contributed by atoms with Crippen LogP contribution in [-0.2, 0) is 52.3 Å². The fourth-order valence-electron chi connectivity index (χ4n) is 15.8. The molecule has 6 aliphatic rings. The molecule has 104 heavy (non-hydrogen) atoms. The van der Waals surface area contributed by atoms with Crippen molar-refractivity contribution in [2.45, 2.75) is 351 Å². The highest BCUT2D eigenvalue weighted by molar-refractivity contribution is 6.24. The number of epoxide rings is 1. The number of cyclic esters (lactones) is 1. The minimum atomic E-state index is -2.58. The normalized spacial score (nSPS) is 40.4. The van der Waals surface area contributed by atoms with Gasteiger partial charge in [-0.1, -0.05) is 60.6 Å². The summed E-state index contributed by atoms with van der Waals surface area (Å²) in [5.74, 6) is -11.4. The van der Waals surface area contributed by atoms with E-state index < -0.39 is 218 Å². The standard InChI is InChI=1S/C77H122O27/c1-13-60(99-64-36-76(12,95)74(46(11)98-64)102-63-27-25-61(45(10)97-63)100-75(94)43(8)69(92)47-22-24-55-56(29-47)59(86)28-39(4)65(55)88)40(5)67(90)41(6)68(91)42(7)70-44(9)71-72(103-71)57(84)19-15-18-49(79)30-51(81)31-52(82)32-54-33-53(83)35-77(96,104-54)73(93)66(89)38(3)20-23-48(78)16-14-17-50(80)34-58(85)37(2)21-26-62(87)101-70/h21-22,24,26,28-29,37-38,40-46,48-54,57-58,60-61,63-64,66-72,74,78-85,89-92,95-96H,13-20,23,25,27,30-36H2,1-12H3/b26-21+/t37-,38+,40-,41+,42-,43+,44+,45+,46-,48+,49+,50+,51+,52-,53-,54+,57-,58+,60-,61-,63-,64-,66-,67-,68-,69-,70+,71-,72-,74+,76+,77+/m0/s1. The molecule has 0 spiro atoms. The molecule has 0 saturated carbocycles. The lowest BCUT2D eigenvalue weighted by Crippen LogP contribution is -2.59. The second-order valence-electron chi connectivity index (χ2n) is 31.6. The fourth-order valence-corrected chi connectivity index (χ4v) is 15.8. The van der Waals surface area contributed by atoms with Crippen molar-refractivity contribution in [3.8, 4) is 0 Å². The number of rotatable bonds is 15. The van der Waals surface area contributed by atoms with Gasteiger partial charge in [-0.3, -0.25) is 19.2 Å². The van der Waals surface area contributed by atoms with Gasteiger partial charge in [0.1, 0.15) is 30.5 Å². The summed E-state index contributed by atoms with van der Waals surface area (Å²) >= 11 is 0. The largest absolute Gasteiger partial charge is 0.459 e. The Bertz CT molecular complexity index is 3010. The van der Waals surface area contributed by atoms with Crippen LogP contribution in [0.1, 0.15) is 231 Å². The Morgan fingerprint density at radius 3 is 1.94 bits per heavy atom. The third kappa shape index (κ3) is 23.2. The maximum Gasteiger partial charge on any atom is 0.330 e. The van der Waals surface area contributed by atoms with Crippen LogP contribution >= 0.6 is 0 Å². The zero-order chi connectivity index (χ0) is 77.1. The summed E-state index contributed by atoms with van der Waals surface area (Å²) in [5.41, 5.74) is -0.572. The summed E-state index contributed by atoms with van der Waals surface area (Å²) in [6.07, 6.45) is -18.3. The molecule has 1 aliphatic carbocycles. The van der Waals surface area contributed by atoms with Gasteiger partial charge in [0.25, 0.3) is 0 Å². The van der Waals surface area contributed by atoms with Crippen LogP contribution in [0.25, 0.3) is 0 Å². The highest BCUT2D eigenvalue weighted by atomic mass is 16.7. The minimum Gasteiger partial charge on any atom is -0.459 e. The zero-order valence-corrected chi connectivity index (χ0v) is 62.6. The third-order valence-electron chi connectivity index (χ3n) is 22.7. The molecular formula is C77H122O27. The lowest BCUT2D eigenvalue weighted by Gasteiger charge is -2.47. The van der Waals surface area contributed by atoms with Crippen molar-refractivity contribution in [2.75, 3.05) is 0 Å². The lowest BCUT2D eigenvalue weighted by atomic mass is 9.77. The Balaban J connectivity index is 0.945. The highest BCUT2D eigenvalue weighted by Gasteiger charge is 2.54. The van der Waals surface area contributed by atoms with Gasteiger partial charge in [0, 0.05) is 71.6 Å². The number of carbonyl (C=O) groups is 5. The number of Topliss-reactive ketones (excluding diaryl/α,β-unsaturated/α-hetero) is 2. The molecule has 27 nitrogen and oxygen atoms in total. The van der Waals surface area contributed by atoms with E-state index in [1.165, 1.54) is 37.3 Å². The van der Waals surface area contributed by atoms with E-state index in [1.54, 1.807) is 69.2 Å². The summed E-state index contributed by atoms with van der Waals surface area (Å²) in [7, 11) is 0. The van der Waals surface area contributed by atoms with Crippen molar-refractivity contribution >= 4 is 29.3 Å². The molecule has 5 aliphatic heterocycles. The number of aliphatic hydroxyl groups is 14. The summed E-state index contributed by atoms with van der Waals surface area (Å²) < 4.78 is 49.3. The van der Waals surface area contributed by atoms with Gasteiger partial charge in [-0.05, 0) is 161 Å². The summed E-state index contributed by atoms with van der Waals surface area (Å²) in [6, 6.07) is 4.40.